The van der Waals surface area contributed by atoms with Crippen molar-refractivity contribution in [2.45, 2.75) is 64.7 Å². The highest BCUT2D eigenvalue weighted by molar-refractivity contribution is 5.37. The summed E-state index contributed by atoms with van der Waals surface area (Å²) in [6.07, 6.45) is 11.2. The van der Waals surface area contributed by atoms with Crippen LogP contribution in [-0.4, -0.2) is 6.61 Å². The summed E-state index contributed by atoms with van der Waals surface area (Å²) in [5, 5.41) is 8.69. The average Bonchev–Trinajstić information content (AvgIpc) is 2.61. The minimum atomic E-state index is -1.12. The second-order valence-electron chi connectivity index (χ2n) is 6.90. The van der Waals surface area contributed by atoms with Gasteiger partial charge in [0.1, 0.15) is 6.07 Å². The van der Waals surface area contributed by atoms with Crippen molar-refractivity contribution in [2.24, 2.45) is 11.8 Å². The number of hydrogen-bond acceptors (Lipinski definition) is 2. The van der Waals surface area contributed by atoms with Gasteiger partial charge < -0.3 is 4.74 Å². The van der Waals surface area contributed by atoms with E-state index in [-0.39, 0.29) is 11.3 Å². The Hall–Kier alpha value is -1.63. The van der Waals surface area contributed by atoms with Crippen molar-refractivity contribution in [3.8, 4) is 11.8 Å². The van der Waals surface area contributed by atoms with E-state index in [9.17, 15) is 8.78 Å². The molecule has 0 N–H and O–H groups in total. The quantitative estimate of drug-likeness (QED) is 0.546. The third-order valence-electron chi connectivity index (χ3n) is 5.07. The van der Waals surface area contributed by atoms with Crippen LogP contribution in [0.3, 0.4) is 0 Å². The number of ether oxygens (including phenoxy) is 1. The van der Waals surface area contributed by atoms with Crippen molar-refractivity contribution >= 4 is 0 Å². The van der Waals surface area contributed by atoms with Crippen molar-refractivity contribution in [3.05, 3.63) is 29.3 Å². The van der Waals surface area contributed by atoms with Gasteiger partial charge in [0.25, 0.3) is 0 Å². The van der Waals surface area contributed by atoms with E-state index in [2.05, 4.69) is 6.92 Å². The molecule has 0 aromatic heterocycles. The molecular formula is C20H27F2NO. The standard InChI is InChI=1S/C20H27F2NO/c1-2-3-4-5-6-15-7-9-16(10-8-15)14-24-18-12-11-17(13-23)19(21)20(18)22/h11-12,15-16H,2-10,14H2,1H3. The van der Waals surface area contributed by atoms with E-state index in [4.69, 9.17) is 10.00 Å². The maximum atomic E-state index is 13.8. The van der Waals surface area contributed by atoms with Crippen LogP contribution in [0.25, 0.3) is 0 Å². The van der Waals surface area contributed by atoms with E-state index in [1.807, 2.05) is 0 Å². The molecule has 4 heteroatoms. The van der Waals surface area contributed by atoms with Gasteiger partial charge in [0.15, 0.2) is 11.6 Å². The molecule has 0 spiro atoms. The zero-order valence-corrected chi connectivity index (χ0v) is 14.5. The molecule has 132 valence electrons. The summed E-state index contributed by atoms with van der Waals surface area (Å²) in [4.78, 5) is 0. The van der Waals surface area contributed by atoms with E-state index >= 15 is 0 Å². The lowest BCUT2D eigenvalue weighted by Gasteiger charge is -2.28. The summed E-state index contributed by atoms with van der Waals surface area (Å²) in [5.41, 5.74) is -0.288. The van der Waals surface area contributed by atoms with Crippen LogP contribution in [0.1, 0.15) is 70.3 Å². The van der Waals surface area contributed by atoms with Gasteiger partial charge in [0, 0.05) is 0 Å². The molecule has 0 bridgehead atoms. The molecule has 0 radical (unpaired) electrons. The molecule has 0 aliphatic heterocycles. The fourth-order valence-electron chi connectivity index (χ4n) is 3.48. The molecule has 1 aromatic carbocycles. The van der Waals surface area contributed by atoms with Crippen LogP contribution in [0.5, 0.6) is 5.75 Å². The Morgan fingerprint density at radius 1 is 1.04 bits per heavy atom. The van der Waals surface area contributed by atoms with E-state index in [1.54, 1.807) is 6.07 Å². The highest BCUT2D eigenvalue weighted by Gasteiger charge is 2.22. The van der Waals surface area contributed by atoms with Gasteiger partial charge in [-0.3, -0.25) is 0 Å². The number of halogens is 2. The van der Waals surface area contributed by atoms with Crippen molar-refractivity contribution in [1.29, 1.82) is 5.26 Å². The minimum Gasteiger partial charge on any atom is -0.490 e. The van der Waals surface area contributed by atoms with Crippen LogP contribution in [0.15, 0.2) is 12.1 Å². The zero-order chi connectivity index (χ0) is 17.4. The summed E-state index contributed by atoms with van der Waals surface area (Å²) in [7, 11) is 0. The number of nitriles is 1. The van der Waals surface area contributed by atoms with Gasteiger partial charge in [0.05, 0.1) is 12.2 Å². The number of nitrogens with zero attached hydrogens (tertiary/aromatic N) is 1. The molecule has 0 saturated heterocycles. The minimum absolute atomic E-state index is 0.0896. The summed E-state index contributed by atoms with van der Waals surface area (Å²) in [5.74, 6) is -1.03. The van der Waals surface area contributed by atoms with Crippen molar-refractivity contribution in [3.63, 3.8) is 0 Å². The second-order valence-corrected chi connectivity index (χ2v) is 6.90. The van der Waals surface area contributed by atoms with Gasteiger partial charge in [-0.25, -0.2) is 4.39 Å². The number of hydrogen-bond donors (Lipinski definition) is 0. The van der Waals surface area contributed by atoms with Crippen LogP contribution in [-0.2, 0) is 0 Å². The molecule has 1 saturated carbocycles. The van der Waals surface area contributed by atoms with Gasteiger partial charge in [-0.1, -0.05) is 51.9 Å². The van der Waals surface area contributed by atoms with Crippen LogP contribution >= 0.6 is 0 Å². The Kier molecular flexibility index (Phi) is 7.49. The Labute approximate surface area is 143 Å². The fourth-order valence-corrected chi connectivity index (χ4v) is 3.48. The lowest BCUT2D eigenvalue weighted by Crippen LogP contribution is -2.20. The molecule has 1 aromatic rings. The van der Waals surface area contributed by atoms with Crippen LogP contribution in [0.2, 0.25) is 0 Å². The Bertz CT molecular complexity index is 559. The second kappa shape index (κ2) is 9.61. The summed E-state index contributed by atoms with van der Waals surface area (Å²) in [6, 6.07) is 4.24. The average molecular weight is 335 g/mol. The van der Waals surface area contributed by atoms with Crippen LogP contribution in [0.4, 0.5) is 8.78 Å². The molecule has 0 atom stereocenters. The predicted octanol–water partition coefficient (Wildman–Crippen LogP) is 5.99. The first-order chi connectivity index (χ1) is 11.7. The number of benzene rings is 1. The molecule has 1 aliphatic carbocycles. The molecule has 0 heterocycles. The normalized spacial score (nSPS) is 20.6. The van der Waals surface area contributed by atoms with E-state index in [1.165, 1.54) is 57.1 Å². The zero-order valence-electron chi connectivity index (χ0n) is 14.5. The SMILES string of the molecule is CCCCCCC1CCC(COc2ccc(C#N)c(F)c2F)CC1. The van der Waals surface area contributed by atoms with Crippen molar-refractivity contribution in [1.82, 2.24) is 0 Å². The number of rotatable bonds is 8. The molecule has 2 nitrogen and oxygen atoms in total. The van der Waals surface area contributed by atoms with Gasteiger partial charge in [-0.05, 0) is 36.8 Å². The molecule has 2 rings (SSSR count). The molecular weight excluding hydrogens is 308 g/mol. The molecule has 24 heavy (non-hydrogen) atoms. The summed E-state index contributed by atoms with van der Waals surface area (Å²) < 4.78 is 32.9. The highest BCUT2D eigenvalue weighted by Crippen LogP contribution is 2.33. The van der Waals surface area contributed by atoms with E-state index in [0.29, 0.717) is 12.5 Å². The molecule has 1 aliphatic rings. The number of unbranched alkanes of at least 4 members (excludes halogenated alkanes) is 3. The highest BCUT2D eigenvalue weighted by atomic mass is 19.2. The van der Waals surface area contributed by atoms with Gasteiger partial charge >= 0.3 is 0 Å². The first kappa shape index (κ1) is 18.7. The summed E-state index contributed by atoms with van der Waals surface area (Å²) >= 11 is 0. The van der Waals surface area contributed by atoms with Crippen molar-refractivity contribution < 1.29 is 13.5 Å². The smallest absolute Gasteiger partial charge is 0.201 e. The Morgan fingerprint density at radius 3 is 2.42 bits per heavy atom. The Morgan fingerprint density at radius 2 is 1.75 bits per heavy atom. The molecule has 0 amide bonds. The molecule has 0 unspecified atom stereocenters. The topological polar surface area (TPSA) is 33.0 Å². The monoisotopic (exact) mass is 335 g/mol. The van der Waals surface area contributed by atoms with Crippen LogP contribution < -0.4 is 4.74 Å². The fraction of sp³-hybridized carbons (Fsp3) is 0.650. The largest absolute Gasteiger partial charge is 0.490 e. The predicted molar refractivity (Wildman–Crippen MR) is 90.8 cm³/mol. The van der Waals surface area contributed by atoms with E-state index < -0.39 is 11.6 Å². The molecule has 1 fully saturated rings. The van der Waals surface area contributed by atoms with Gasteiger partial charge in [0.2, 0.25) is 5.82 Å². The first-order valence-corrected chi connectivity index (χ1v) is 9.16. The third kappa shape index (κ3) is 5.19. The first-order valence-electron chi connectivity index (χ1n) is 9.16. The van der Waals surface area contributed by atoms with Crippen LogP contribution in [0, 0.1) is 34.8 Å². The maximum absolute atomic E-state index is 13.8. The van der Waals surface area contributed by atoms with Gasteiger partial charge in [-0.15, -0.1) is 0 Å². The Balaban J connectivity index is 1.73. The lowest BCUT2D eigenvalue weighted by atomic mass is 9.80. The van der Waals surface area contributed by atoms with Crippen molar-refractivity contribution in [2.75, 3.05) is 6.61 Å². The van der Waals surface area contributed by atoms with E-state index in [0.717, 1.165) is 18.8 Å². The lowest BCUT2D eigenvalue weighted by molar-refractivity contribution is 0.172. The third-order valence-corrected chi connectivity index (χ3v) is 5.07. The van der Waals surface area contributed by atoms with Gasteiger partial charge in [-0.2, -0.15) is 9.65 Å². The maximum Gasteiger partial charge on any atom is 0.201 e. The summed E-state index contributed by atoms with van der Waals surface area (Å²) in [6.45, 7) is 2.65.